The van der Waals surface area contributed by atoms with Crippen LogP contribution in [0, 0.1) is 6.92 Å². The molecule has 148 valence electrons. The minimum absolute atomic E-state index is 0.192. The maximum absolute atomic E-state index is 11.5. The standard InChI is InChI=1S/C22H28N4O2/c1-16-14-21(28-20-6-4-3-5-7-20)24-22(23-16)18-8-11-26(15-18)19-9-12-25(13-10-19)17(2)27/h3-7,14,18-19H,8-13,15H2,1-2H3. The van der Waals surface area contributed by atoms with Crippen LogP contribution in [-0.4, -0.2) is 57.9 Å². The van der Waals surface area contributed by atoms with Crippen LogP contribution in [0.15, 0.2) is 36.4 Å². The second-order valence-corrected chi connectivity index (χ2v) is 7.84. The zero-order valence-corrected chi connectivity index (χ0v) is 16.7. The Morgan fingerprint density at radius 1 is 1.07 bits per heavy atom. The molecule has 0 bridgehead atoms. The molecule has 2 aromatic rings. The van der Waals surface area contributed by atoms with E-state index < -0.39 is 0 Å². The van der Waals surface area contributed by atoms with E-state index in [1.165, 1.54) is 0 Å². The molecule has 1 atom stereocenters. The van der Waals surface area contributed by atoms with Crippen molar-refractivity contribution in [2.24, 2.45) is 0 Å². The predicted octanol–water partition coefficient (Wildman–Crippen LogP) is 3.38. The summed E-state index contributed by atoms with van der Waals surface area (Å²) < 4.78 is 5.93. The number of benzene rings is 1. The predicted molar refractivity (Wildman–Crippen MR) is 107 cm³/mol. The van der Waals surface area contributed by atoms with Gasteiger partial charge in [0.05, 0.1) is 0 Å². The monoisotopic (exact) mass is 380 g/mol. The summed E-state index contributed by atoms with van der Waals surface area (Å²) in [4.78, 5) is 25.5. The van der Waals surface area contributed by atoms with E-state index in [4.69, 9.17) is 14.7 Å². The van der Waals surface area contributed by atoms with Crippen molar-refractivity contribution >= 4 is 5.91 Å². The van der Waals surface area contributed by atoms with E-state index in [0.29, 0.717) is 17.8 Å². The van der Waals surface area contributed by atoms with Gasteiger partial charge in [0, 0.05) is 50.3 Å². The highest BCUT2D eigenvalue weighted by molar-refractivity contribution is 5.73. The Labute approximate surface area is 166 Å². The average molecular weight is 380 g/mol. The van der Waals surface area contributed by atoms with Gasteiger partial charge in [-0.2, -0.15) is 4.98 Å². The number of ether oxygens (including phenoxy) is 1. The number of nitrogens with zero attached hydrogens (tertiary/aromatic N) is 4. The first-order chi connectivity index (χ1) is 13.6. The number of hydrogen-bond donors (Lipinski definition) is 0. The molecule has 1 amide bonds. The van der Waals surface area contributed by atoms with E-state index >= 15 is 0 Å². The van der Waals surface area contributed by atoms with E-state index in [9.17, 15) is 4.79 Å². The summed E-state index contributed by atoms with van der Waals surface area (Å²) >= 11 is 0. The third-order valence-electron chi connectivity index (χ3n) is 5.82. The molecule has 2 fully saturated rings. The molecule has 6 heteroatoms. The van der Waals surface area contributed by atoms with Gasteiger partial charge in [0.25, 0.3) is 0 Å². The lowest BCUT2D eigenvalue weighted by molar-refractivity contribution is -0.130. The number of aryl methyl sites for hydroxylation is 1. The van der Waals surface area contributed by atoms with Crippen LogP contribution in [0.1, 0.15) is 43.6 Å². The molecule has 0 N–H and O–H groups in total. The van der Waals surface area contributed by atoms with E-state index in [2.05, 4.69) is 4.90 Å². The minimum atomic E-state index is 0.192. The second-order valence-electron chi connectivity index (χ2n) is 7.84. The van der Waals surface area contributed by atoms with Crippen molar-refractivity contribution < 1.29 is 9.53 Å². The fourth-order valence-corrected chi connectivity index (χ4v) is 4.28. The first-order valence-electron chi connectivity index (χ1n) is 10.2. The van der Waals surface area contributed by atoms with Gasteiger partial charge in [-0.05, 0) is 44.9 Å². The lowest BCUT2D eigenvalue weighted by atomic mass is 10.0. The molecule has 28 heavy (non-hydrogen) atoms. The van der Waals surface area contributed by atoms with Gasteiger partial charge in [0.15, 0.2) is 0 Å². The molecule has 2 aliphatic rings. The van der Waals surface area contributed by atoms with Crippen LogP contribution in [0.5, 0.6) is 11.6 Å². The smallest absolute Gasteiger partial charge is 0.222 e. The Hall–Kier alpha value is -2.47. The van der Waals surface area contributed by atoms with Crippen molar-refractivity contribution in [1.29, 1.82) is 0 Å². The Morgan fingerprint density at radius 3 is 2.54 bits per heavy atom. The number of piperidine rings is 1. The average Bonchev–Trinajstić information content (AvgIpc) is 3.19. The number of carbonyl (C=O) groups excluding carboxylic acids is 1. The molecule has 2 aliphatic heterocycles. The largest absolute Gasteiger partial charge is 0.439 e. The number of para-hydroxylation sites is 1. The van der Waals surface area contributed by atoms with Crippen molar-refractivity contribution in [1.82, 2.24) is 19.8 Å². The summed E-state index contributed by atoms with van der Waals surface area (Å²) in [5.41, 5.74) is 0.934. The first-order valence-corrected chi connectivity index (χ1v) is 10.2. The fourth-order valence-electron chi connectivity index (χ4n) is 4.28. The van der Waals surface area contributed by atoms with Gasteiger partial charge in [-0.3, -0.25) is 9.69 Å². The molecule has 6 nitrogen and oxygen atoms in total. The number of aromatic nitrogens is 2. The summed E-state index contributed by atoms with van der Waals surface area (Å²) in [6, 6.07) is 12.2. The summed E-state index contributed by atoms with van der Waals surface area (Å²) in [6.07, 6.45) is 3.19. The van der Waals surface area contributed by atoms with Gasteiger partial charge in [-0.15, -0.1) is 0 Å². The number of amides is 1. The topological polar surface area (TPSA) is 58.6 Å². The molecule has 0 radical (unpaired) electrons. The normalized spacial score (nSPS) is 21.1. The summed E-state index contributed by atoms with van der Waals surface area (Å²) in [5, 5.41) is 0. The third kappa shape index (κ3) is 4.33. The maximum Gasteiger partial charge on any atom is 0.222 e. The molecule has 0 aliphatic carbocycles. The SMILES string of the molecule is CC(=O)N1CCC(N2CCC(c3nc(C)cc(Oc4ccccc4)n3)C2)CC1. The van der Waals surface area contributed by atoms with Crippen LogP contribution in [0.2, 0.25) is 0 Å². The molecular weight excluding hydrogens is 352 g/mol. The second kappa shape index (κ2) is 8.27. The van der Waals surface area contributed by atoms with Crippen molar-refractivity contribution in [2.75, 3.05) is 26.2 Å². The van der Waals surface area contributed by atoms with Crippen molar-refractivity contribution in [3.05, 3.63) is 47.9 Å². The molecule has 0 spiro atoms. The van der Waals surface area contributed by atoms with Crippen molar-refractivity contribution in [3.63, 3.8) is 0 Å². The molecule has 1 unspecified atom stereocenters. The fraction of sp³-hybridized carbons (Fsp3) is 0.500. The first kappa shape index (κ1) is 18.9. The van der Waals surface area contributed by atoms with Gasteiger partial charge < -0.3 is 9.64 Å². The zero-order valence-electron chi connectivity index (χ0n) is 16.7. The molecule has 1 aromatic heterocycles. The van der Waals surface area contributed by atoms with Crippen LogP contribution in [0.25, 0.3) is 0 Å². The van der Waals surface area contributed by atoms with E-state index in [1.54, 1.807) is 6.92 Å². The van der Waals surface area contributed by atoms with Crippen LogP contribution in [0.4, 0.5) is 0 Å². The molecule has 2 saturated heterocycles. The Bertz CT molecular complexity index is 819. The number of carbonyl (C=O) groups is 1. The van der Waals surface area contributed by atoms with Gasteiger partial charge in [0.1, 0.15) is 11.6 Å². The summed E-state index contributed by atoms with van der Waals surface area (Å²) in [7, 11) is 0. The minimum Gasteiger partial charge on any atom is -0.439 e. The quantitative estimate of drug-likeness (QED) is 0.814. The summed E-state index contributed by atoms with van der Waals surface area (Å²) in [6.45, 7) is 7.46. The van der Waals surface area contributed by atoms with Crippen LogP contribution in [-0.2, 0) is 4.79 Å². The number of likely N-dealkylation sites (tertiary alicyclic amines) is 2. The van der Waals surface area contributed by atoms with Crippen molar-refractivity contribution in [2.45, 2.75) is 45.1 Å². The van der Waals surface area contributed by atoms with E-state index in [0.717, 1.165) is 62.7 Å². The molecule has 3 heterocycles. The van der Waals surface area contributed by atoms with E-state index in [-0.39, 0.29) is 5.91 Å². The lowest BCUT2D eigenvalue weighted by Crippen LogP contribution is -2.45. The van der Waals surface area contributed by atoms with Crippen molar-refractivity contribution in [3.8, 4) is 11.6 Å². The third-order valence-corrected chi connectivity index (χ3v) is 5.82. The van der Waals surface area contributed by atoms with Crippen LogP contribution in [0.3, 0.4) is 0 Å². The van der Waals surface area contributed by atoms with E-state index in [1.807, 2.05) is 48.2 Å². The Morgan fingerprint density at radius 2 is 1.82 bits per heavy atom. The lowest BCUT2D eigenvalue weighted by Gasteiger charge is -2.36. The summed E-state index contributed by atoms with van der Waals surface area (Å²) in [5.74, 6) is 2.81. The molecule has 4 rings (SSSR count). The van der Waals surface area contributed by atoms with Gasteiger partial charge in [-0.1, -0.05) is 18.2 Å². The number of hydrogen-bond acceptors (Lipinski definition) is 5. The van der Waals surface area contributed by atoms with Crippen LogP contribution >= 0.6 is 0 Å². The highest BCUT2D eigenvalue weighted by atomic mass is 16.5. The van der Waals surface area contributed by atoms with Gasteiger partial charge in [-0.25, -0.2) is 4.98 Å². The highest BCUT2D eigenvalue weighted by Crippen LogP contribution is 2.31. The molecule has 1 aromatic carbocycles. The molecule has 0 saturated carbocycles. The maximum atomic E-state index is 11.5. The Balaban J connectivity index is 1.40. The molecular formula is C22H28N4O2. The Kier molecular flexibility index (Phi) is 5.57. The van der Waals surface area contributed by atoms with Crippen LogP contribution < -0.4 is 4.74 Å². The van der Waals surface area contributed by atoms with Gasteiger partial charge >= 0.3 is 0 Å². The highest BCUT2D eigenvalue weighted by Gasteiger charge is 2.33. The van der Waals surface area contributed by atoms with Gasteiger partial charge in [0.2, 0.25) is 11.8 Å². The number of rotatable bonds is 4. The zero-order chi connectivity index (χ0) is 19.5.